The lowest BCUT2D eigenvalue weighted by Crippen LogP contribution is -2.39. The number of nitrogens with one attached hydrogen (secondary N) is 2. The largest absolute Gasteiger partial charge is 0.372 e. The topological polar surface area (TPSA) is 55.8 Å². The first-order valence-electron chi connectivity index (χ1n) is 10.7. The maximum absolute atomic E-state index is 4.79. The predicted octanol–water partition coefficient (Wildman–Crippen LogP) is 3.37. The molecule has 1 fully saturated rings. The van der Waals surface area contributed by atoms with Gasteiger partial charge in [-0.2, -0.15) is 0 Å². The average molecular weight is 415 g/mol. The highest BCUT2D eigenvalue weighted by Crippen LogP contribution is 2.24. The van der Waals surface area contributed by atoms with Crippen LogP contribution in [0, 0.1) is 0 Å². The highest BCUT2D eigenvalue weighted by Gasteiger charge is 2.15. The summed E-state index contributed by atoms with van der Waals surface area (Å²) < 4.78 is 0. The van der Waals surface area contributed by atoms with Gasteiger partial charge in [0.1, 0.15) is 0 Å². The standard InChI is InChI=1S/C22H34N6S/c1-3-27(20-10-5-4-6-11-20)17-9-13-24-21(23-2)25-14-12-19-18-29-22(26-19)28-15-7-8-16-28/h4-6,10-11,18H,3,7-9,12-17H2,1-2H3,(H2,23,24,25). The molecule has 0 radical (unpaired) electrons. The summed E-state index contributed by atoms with van der Waals surface area (Å²) in [6.45, 7) is 8.30. The van der Waals surface area contributed by atoms with Crippen molar-refractivity contribution in [2.24, 2.45) is 4.99 Å². The second-order valence-corrected chi connectivity index (χ2v) is 8.10. The van der Waals surface area contributed by atoms with Crippen molar-refractivity contribution in [2.45, 2.75) is 32.6 Å². The van der Waals surface area contributed by atoms with Crippen molar-refractivity contribution < 1.29 is 0 Å². The molecule has 1 saturated heterocycles. The first-order valence-corrected chi connectivity index (χ1v) is 11.6. The van der Waals surface area contributed by atoms with E-state index in [0.29, 0.717) is 0 Å². The third-order valence-corrected chi connectivity index (χ3v) is 6.16. The van der Waals surface area contributed by atoms with Gasteiger partial charge in [0.25, 0.3) is 0 Å². The second kappa shape index (κ2) is 11.7. The quantitative estimate of drug-likeness (QED) is 0.355. The summed E-state index contributed by atoms with van der Waals surface area (Å²) in [6.07, 6.45) is 4.57. The van der Waals surface area contributed by atoms with Gasteiger partial charge in [-0.25, -0.2) is 4.98 Å². The predicted molar refractivity (Wildman–Crippen MR) is 126 cm³/mol. The van der Waals surface area contributed by atoms with E-state index in [9.17, 15) is 0 Å². The Balaban J connectivity index is 1.33. The van der Waals surface area contributed by atoms with Gasteiger partial charge >= 0.3 is 0 Å². The molecule has 0 spiro atoms. The Labute approximate surface area is 179 Å². The molecule has 2 heterocycles. The van der Waals surface area contributed by atoms with E-state index >= 15 is 0 Å². The summed E-state index contributed by atoms with van der Waals surface area (Å²) in [5.41, 5.74) is 2.45. The molecule has 29 heavy (non-hydrogen) atoms. The summed E-state index contributed by atoms with van der Waals surface area (Å²) >= 11 is 1.77. The van der Waals surface area contributed by atoms with Crippen LogP contribution in [0.4, 0.5) is 10.8 Å². The normalized spacial score (nSPS) is 14.3. The van der Waals surface area contributed by atoms with Crippen LogP contribution in [0.3, 0.4) is 0 Å². The summed E-state index contributed by atoms with van der Waals surface area (Å²) in [5, 5.41) is 10.2. The van der Waals surface area contributed by atoms with Crippen LogP contribution in [0.5, 0.6) is 0 Å². The number of guanidine groups is 1. The molecule has 158 valence electrons. The van der Waals surface area contributed by atoms with E-state index in [1.165, 1.54) is 29.4 Å². The van der Waals surface area contributed by atoms with Gasteiger partial charge in [0.2, 0.25) is 0 Å². The molecule has 1 aromatic carbocycles. The van der Waals surface area contributed by atoms with E-state index in [-0.39, 0.29) is 0 Å². The molecular weight excluding hydrogens is 380 g/mol. The number of anilines is 2. The summed E-state index contributed by atoms with van der Waals surface area (Å²) in [5.74, 6) is 0.864. The molecule has 0 aliphatic carbocycles. The SMILES string of the molecule is CCN(CCCNC(=NC)NCCc1csc(N2CCCC2)n1)c1ccccc1. The maximum Gasteiger partial charge on any atom is 0.190 e. The summed E-state index contributed by atoms with van der Waals surface area (Å²) in [4.78, 5) is 13.9. The number of hydrogen-bond acceptors (Lipinski definition) is 5. The molecule has 2 aromatic rings. The highest BCUT2D eigenvalue weighted by molar-refractivity contribution is 7.13. The van der Waals surface area contributed by atoms with Crippen molar-refractivity contribution in [2.75, 3.05) is 56.1 Å². The molecule has 1 aliphatic heterocycles. The Bertz CT molecular complexity index is 739. The number of thiazole rings is 1. The molecule has 0 saturated carbocycles. The third kappa shape index (κ3) is 6.63. The van der Waals surface area contributed by atoms with Crippen LogP contribution in [0.2, 0.25) is 0 Å². The Hall–Kier alpha value is -2.28. The van der Waals surface area contributed by atoms with E-state index in [4.69, 9.17) is 4.98 Å². The maximum atomic E-state index is 4.79. The molecule has 3 rings (SSSR count). The highest BCUT2D eigenvalue weighted by atomic mass is 32.1. The molecule has 0 unspecified atom stereocenters. The van der Waals surface area contributed by atoms with E-state index in [0.717, 1.165) is 58.1 Å². The fraction of sp³-hybridized carbons (Fsp3) is 0.545. The van der Waals surface area contributed by atoms with E-state index < -0.39 is 0 Å². The van der Waals surface area contributed by atoms with Gasteiger partial charge in [-0.05, 0) is 38.3 Å². The molecule has 0 bridgehead atoms. The van der Waals surface area contributed by atoms with Crippen LogP contribution >= 0.6 is 11.3 Å². The van der Waals surface area contributed by atoms with Crippen molar-refractivity contribution in [3.63, 3.8) is 0 Å². The molecule has 7 heteroatoms. The lowest BCUT2D eigenvalue weighted by atomic mass is 10.2. The number of para-hydroxylation sites is 1. The van der Waals surface area contributed by atoms with Crippen LogP contribution in [-0.2, 0) is 6.42 Å². The van der Waals surface area contributed by atoms with Gasteiger partial charge in [-0.3, -0.25) is 4.99 Å². The van der Waals surface area contributed by atoms with Gasteiger partial charge in [-0.1, -0.05) is 18.2 Å². The first-order chi connectivity index (χ1) is 14.3. The number of aliphatic imine (C=N–C) groups is 1. The minimum atomic E-state index is 0.841. The van der Waals surface area contributed by atoms with Crippen molar-refractivity contribution in [1.82, 2.24) is 15.6 Å². The van der Waals surface area contributed by atoms with Gasteiger partial charge < -0.3 is 20.4 Å². The Morgan fingerprint density at radius 3 is 2.66 bits per heavy atom. The van der Waals surface area contributed by atoms with Crippen LogP contribution in [-0.4, -0.2) is 57.3 Å². The monoisotopic (exact) mass is 414 g/mol. The smallest absolute Gasteiger partial charge is 0.190 e. The van der Waals surface area contributed by atoms with Crippen molar-refractivity contribution in [1.29, 1.82) is 0 Å². The van der Waals surface area contributed by atoms with Gasteiger partial charge in [0.05, 0.1) is 5.69 Å². The van der Waals surface area contributed by atoms with Gasteiger partial charge in [0, 0.05) is 63.8 Å². The second-order valence-electron chi connectivity index (χ2n) is 7.26. The average Bonchev–Trinajstić information content (AvgIpc) is 3.45. The molecule has 0 amide bonds. The molecule has 0 atom stereocenters. The van der Waals surface area contributed by atoms with Crippen LogP contribution in [0.1, 0.15) is 31.9 Å². The molecule has 2 N–H and O–H groups in total. The number of aromatic nitrogens is 1. The van der Waals surface area contributed by atoms with Crippen molar-refractivity contribution in [3.8, 4) is 0 Å². The van der Waals surface area contributed by atoms with E-state index in [2.05, 4.69) is 68.1 Å². The minimum Gasteiger partial charge on any atom is -0.372 e. The molecular formula is C22H34N6S. The van der Waals surface area contributed by atoms with E-state index in [1.807, 2.05) is 7.05 Å². The number of rotatable bonds is 10. The van der Waals surface area contributed by atoms with Crippen LogP contribution in [0.25, 0.3) is 0 Å². The zero-order valence-electron chi connectivity index (χ0n) is 17.7. The zero-order chi connectivity index (χ0) is 20.3. The fourth-order valence-corrected chi connectivity index (χ4v) is 4.49. The van der Waals surface area contributed by atoms with Crippen molar-refractivity contribution >= 4 is 28.1 Å². The van der Waals surface area contributed by atoms with Gasteiger partial charge in [0.15, 0.2) is 11.1 Å². The third-order valence-electron chi connectivity index (χ3n) is 5.21. The molecule has 1 aliphatic rings. The van der Waals surface area contributed by atoms with E-state index in [1.54, 1.807) is 11.3 Å². The first kappa shape index (κ1) is 21.4. The number of hydrogen-bond donors (Lipinski definition) is 2. The Kier molecular flexibility index (Phi) is 8.61. The van der Waals surface area contributed by atoms with Gasteiger partial charge in [-0.15, -0.1) is 11.3 Å². The minimum absolute atomic E-state index is 0.841. The summed E-state index contributed by atoms with van der Waals surface area (Å²) in [7, 11) is 1.83. The zero-order valence-corrected chi connectivity index (χ0v) is 18.5. The summed E-state index contributed by atoms with van der Waals surface area (Å²) in [6, 6.07) is 10.6. The van der Waals surface area contributed by atoms with Crippen molar-refractivity contribution in [3.05, 3.63) is 41.4 Å². The fourth-order valence-electron chi connectivity index (χ4n) is 3.58. The number of benzene rings is 1. The lowest BCUT2D eigenvalue weighted by Gasteiger charge is -2.23. The van der Waals surface area contributed by atoms with Crippen LogP contribution in [0.15, 0.2) is 40.7 Å². The molecule has 1 aromatic heterocycles. The Morgan fingerprint density at radius 2 is 1.93 bits per heavy atom. The number of nitrogens with zero attached hydrogens (tertiary/aromatic N) is 4. The Morgan fingerprint density at radius 1 is 1.17 bits per heavy atom. The van der Waals surface area contributed by atoms with Crippen LogP contribution < -0.4 is 20.4 Å². The molecule has 6 nitrogen and oxygen atoms in total. The lowest BCUT2D eigenvalue weighted by molar-refractivity contribution is 0.706.